The van der Waals surface area contributed by atoms with Crippen LogP contribution < -0.4 is 4.72 Å². The summed E-state index contributed by atoms with van der Waals surface area (Å²) in [6.07, 6.45) is 5.51. The minimum absolute atomic E-state index is 0.00683. The molecule has 0 aromatic heterocycles. The Hall–Kier alpha value is -2.36. The smallest absolute Gasteiger partial charge is 0.337 e. The van der Waals surface area contributed by atoms with E-state index in [9.17, 15) is 18.0 Å². The van der Waals surface area contributed by atoms with Gasteiger partial charge < -0.3 is 14.6 Å². The SMILES string of the molecule is CCOC(=O)C1C=CC(OCCNS(=O)(=O)c2ccc(C(=O)O)c(Cl)c2)=CC1. The highest BCUT2D eigenvalue weighted by Gasteiger charge is 2.19. The molecule has 0 saturated carbocycles. The van der Waals surface area contributed by atoms with Gasteiger partial charge in [0.15, 0.2) is 0 Å². The largest absolute Gasteiger partial charge is 0.493 e. The van der Waals surface area contributed by atoms with Gasteiger partial charge in [0, 0.05) is 6.54 Å². The number of hydrogen-bond donors (Lipinski definition) is 2. The summed E-state index contributed by atoms with van der Waals surface area (Å²) in [6.45, 7) is 2.12. The zero-order chi connectivity index (χ0) is 20.7. The van der Waals surface area contributed by atoms with Gasteiger partial charge in [-0.2, -0.15) is 0 Å². The summed E-state index contributed by atoms with van der Waals surface area (Å²) in [5, 5.41) is 8.76. The van der Waals surface area contributed by atoms with E-state index in [0.717, 1.165) is 12.1 Å². The van der Waals surface area contributed by atoms with E-state index in [1.54, 1.807) is 25.2 Å². The lowest BCUT2D eigenvalue weighted by atomic mass is 10.0. The Kier molecular flexibility index (Phi) is 7.61. The molecule has 8 nitrogen and oxygen atoms in total. The van der Waals surface area contributed by atoms with Crippen LogP contribution in [0.2, 0.25) is 5.02 Å². The molecule has 1 aromatic rings. The van der Waals surface area contributed by atoms with E-state index in [0.29, 0.717) is 18.8 Å². The number of aromatic carboxylic acids is 1. The van der Waals surface area contributed by atoms with E-state index in [1.807, 2.05) is 0 Å². The molecule has 28 heavy (non-hydrogen) atoms. The molecule has 2 N–H and O–H groups in total. The van der Waals surface area contributed by atoms with E-state index in [-0.39, 0.29) is 40.5 Å². The summed E-state index contributed by atoms with van der Waals surface area (Å²) in [5.74, 6) is -1.35. The number of nitrogens with one attached hydrogen (secondary N) is 1. The van der Waals surface area contributed by atoms with Gasteiger partial charge in [0.25, 0.3) is 0 Å². The minimum Gasteiger partial charge on any atom is -0.493 e. The lowest BCUT2D eigenvalue weighted by molar-refractivity contribution is -0.146. The average Bonchev–Trinajstić information content (AvgIpc) is 2.65. The van der Waals surface area contributed by atoms with Gasteiger partial charge in [0.05, 0.1) is 28.0 Å². The summed E-state index contributed by atoms with van der Waals surface area (Å²) >= 11 is 5.80. The van der Waals surface area contributed by atoms with Crippen molar-refractivity contribution in [1.29, 1.82) is 0 Å². The van der Waals surface area contributed by atoms with E-state index in [4.69, 9.17) is 26.2 Å². The van der Waals surface area contributed by atoms with Gasteiger partial charge in [-0.3, -0.25) is 4.79 Å². The van der Waals surface area contributed by atoms with Gasteiger partial charge in [0.2, 0.25) is 10.0 Å². The lowest BCUT2D eigenvalue weighted by Crippen LogP contribution is -2.27. The number of esters is 1. The molecular weight excluding hydrogens is 410 g/mol. The molecule has 10 heteroatoms. The molecule has 2 rings (SSSR count). The first-order chi connectivity index (χ1) is 13.2. The maximum Gasteiger partial charge on any atom is 0.337 e. The van der Waals surface area contributed by atoms with Crippen LogP contribution in [-0.4, -0.2) is 45.2 Å². The quantitative estimate of drug-likeness (QED) is 0.456. The summed E-state index contributed by atoms with van der Waals surface area (Å²) in [6, 6.07) is 3.38. The van der Waals surface area contributed by atoms with Crippen LogP contribution in [0.4, 0.5) is 0 Å². The van der Waals surface area contributed by atoms with Crippen molar-refractivity contribution in [2.45, 2.75) is 18.2 Å². The van der Waals surface area contributed by atoms with Crippen molar-refractivity contribution < 1.29 is 32.6 Å². The van der Waals surface area contributed by atoms with E-state index < -0.39 is 16.0 Å². The number of sulfonamides is 1. The number of carboxylic acid groups (broad SMARTS) is 1. The third-order valence-electron chi connectivity index (χ3n) is 3.80. The van der Waals surface area contributed by atoms with Crippen molar-refractivity contribution in [2.75, 3.05) is 19.8 Å². The van der Waals surface area contributed by atoms with E-state index in [2.05, 4.69) is 4.72 Å². The van der Waals surface area contributed by atoms with Crippen LogP contribution >= 0.6 is 11.6 Å². The van der Waals surface area contributed by atoms with Crippen LogP contribution in [0, 0.1) is 5.92 Å². The Morgan fingerprint density at radius 1 is 1.36 bits per heavy atom. The number of rotatable bonds is 9. The molecule has 0 spiro atoms. The fourth-order valence-corrected chi connectivity index (χ4v) is 3.76. The minimum atomic E-state index is -3.86. The monoisotopic (exact) mass is 429 g/mol. The van der Waals surface area contributed by atoms with Gasteiger partial charge in [-0.15, -0.1) is 0 Å². The molecule has 0 saturated heterocycles. The highest BCUT2D eigenvalue weighted by Crippen LogP contribution is 2.21. The Morgan fingerprint density at radius 2 is 2.11 bits per heavy atom. The Bertz CT molecular complexity index is 909. The standard InChI is InChI=1S/C18H20ClNO7S/c1-2-26-18(23)12-3-5-13(6-4-12)27-10-9-20-28(24,25)14-7-8-15(17(21)22)16(19)11-14/h3,5-8,11-12,20H,2,4,9-10H2,1H3,(H,21,22). The predicted octanol–water partition coefficient (Wildman–Crippen LogP) is 2.36. The lowest BCUT2D eigenvalue weighted by Gasteiger charge is -2.16. The highest BCUT2D eigenvalue weighted by molar-refractivity contribution is 7.89. The van der Waals surface area contributed by atoms with Crippen LogP contribution in [0.15, 0.2) is 47.1 Å². The van der Waals surface area contributed by atoms with Crippen molar-refractivity contribution in [3.8, 4) is 0 Å². The van der Waals surface area contributed by atoms with Gasteiger partial charge in [0.1, 0.15) is 12.4 Å². The van der Waals surface area contributed by atoms with Crippen molar-refractivity contribution in [3.63, 3.8) is 0 Å². The van der Waals surface area contributed by atoms with Crippen molar-refractivity contribution in [1.82, 2.24) is 4.72 Å². The van der Waals surface area contributed by atoms with Crippen LogP contribution in [0.3, 0.4) is 0 Å². The fourth-order valence-electron chi connectivity index (χ4n) is 2.40. The first-order valence-corrected chi connectivity index (χ1v) is 10.3. The molecule has 152 valence electrons. The molecule has 0 radical (unpaired) electrons. The third-order valence-corrected chi connectivity index (χ3v) is 5.57. The molecule has 1 aliphatic carbocycles. The summed E-state index contributed by atoms with van der Waals surface area (Å²) in [7, 11) is -3.86. The van der Waals surface area contributed by atoms with Crippen molar-refractivity contribution >= 4 is 33.6 Å². The Labute approximate surface area is 167 Å². The second-order valence-corrected chi connectivity index (χ2v) is 7.93. The maximum atomic E-state index is 12.2. The van der Waals surface area contributed by atoms with Gasteiger partial charge in [-0.25, -0.2) is 17.9 Å². The molecule has 1 unspecified atom stereocenters. The fraction of sp³-hybridized carbons (Fsp3) is 0.333. The number of halogens is 1. The van der Waals surface area contributed by atoms with Crippen LogP contribution in [0.5, 0.6) is 0 Å². The zero-order valence-electron chi connectivity index (χ0n) is 15.1. The Balaban J connectivity index is 1.83. The molecular formula is C18H20ClNO7S. The summed E-state index contributed by atoms with van der Waals surface area (Å²) in [5.41, 5.74) is -0.180. The second-order valence-electron chi connectivity index (χ2n) is 5.75. The van der Waals surface area contributed by atoms with Crippen LogP contribution in [0.1, 0.15) is 23.7 Å². The topological polar surface area (TPSA) is 119 Å². The zero-order valence-corrected chi connectivity index (χ0v) is 16.6. The number of carbonyl (C=O) groups is 2. The summed E-state index contributed by atoms with van der Waals surface area (Å²) in [4.78, 5) is 22.4. The normalized spacial score (nSPS) is 16.4. The van der Waals surface area contributed by atoms with E-state index >= 15 is 0 Å². The molecule has 0 aliphatic heterocycles. The average molecular weight is 430 g/mol. The first kappa shape index (κ1) is 21.9. The van der Waals surface area contributed by atoms with Crippen molar-refractivity contribution in [2.24, 2.45) is 5.92 Å². The molecule has 0 amide bonds. The molecule has 0 heterocycles. The van der Waals surface area contributed by atoms with Crippen molar-refractivity contribution in [3.05, 3.63) is 52.8 Å². The molecule has 0 bridgehead atoms. The highest BCUT2D eigenvalue weighted by atomic mass is 35.5. The number of ether oxygens (including phenoxy) is 2. The number of benzene rings is 1. The summed E-state index contributed by atoms with van der Waals surface area (Å²) < 4.78 is 37.2. The van der Waals surface area contributed by atoms with Gasteiger partial charge in [-0.1, -0.05) is 17.7 Å². The maximum absolute atomic E-state index is 12.2. The van der Waals surface area contributed by atoms with Crippen LogP contribution in [0.25, 0.3) is 0 Å². The molecule has 1 aromatic carbocycles. The molecule has 1 atom stereocenters. The number of carbonyl (C=O) groups excluding carboxylic acids is 1. The third kappa shape index (κ3) is 5.82. The van der Waals surface area contributed by atoms with E-state index in [1.165, 1.54) is 6.07 Å². The molecule has 0 fully saturated rings. The van der Waals surface area contributed by atoms with Gasteiger partial charge >= 0.3 is 11.9 Å². The predicted molar refractivity (Wildman–Crippen MR) is 102 cm³/mol. The number of carboxylic acids is 1. The second kappa shape index (κ2) is 9.72. The Morgan fingerprint density at radius 3 is 2.68 bits per heavy atom. The first-order valence-electron chi connectivity index (χ1n) is 8.45. The van der Waals surface area contributed by atoms with Crippen LogP contribution in [-0.2, 0) is 24.3 Å². The van der Waals surface area contributed by atoms with Gasteiger partial charge in [-0.05, 0) is 43.7 Å². The number of hydrogen-bond acceptors (Lipinski definition) is 6. The molecule has 1 aliphatic rings. The number of allylic oxidation sites excluding steroid dienone is 2.